The summed E-state index contributed by atoms with van der Waals surface area (Å²) in [7, 11) is 1.79. The van der Waals surface area contributed by atoms with Gasteiger partial charge in [0.2, 0.25) is 0 Å². The van der Waals surface area contributed by atoms with Crippen LogP contribution in [-0.4, -0.2) is 29.2 Å². The fourth-order valence-corrected chi connectivity index (χ4v) is 2.23. The van der Waals surface area contributed by atoms with E-state index in [1.807, 2.05) is 13.0 Å². The van der Waals surface area contributed by atoms with Crippen molar-refractivity contribution < 1.29 is 4.74 Å². The van der Waals surface area contributed by atoms with Gasteiger partial charge in [0.1, 0.15) is 12.1 Å². The molecule has 1 fully saturated rings. The van der Waals surface area contributed by atoms with Gasteiger partial charge in [-0.2, -0.15) is 0 Å². The van der Waals surface area contributed by atoms with E-state index in [0.29, 0.717) is 12.1 Å². The second kappa shape index (κ2) is 5.25. The first-order chi connectivity index (χ1) is 7.78. The van der Waals surface area contributed by atoms with Gasteiger partial charge < -0.3 is 10.1 Å². The largest absolute Gasteiger partial charge is 0.381 e. The van der Waals surface area contributed by atoms with E-state index in [9.17, 15) is 0 Å². The zero-order valence-corrected chi connectivity index (χ0v) is 9.94. The first-order valence-corrected chi connectivity index (χ1v) is 5.86. The van der Waals surface area contributed by atoms with Crippen LogP contribution in [0.1, 0.15) is 31.4 Å². The number of methoxy groups -OCH3 is 1. The zero-order valence-electron chi connectivity index (χ0n) is 9.94. The van der Waals surface area contributed by atoms with Crippen molar-refractivity contribution in [2.45, 2.75) is 44.8 Å². The quantitative estimate of drug-likeness (QED) is 0.849. The molecule has 0 amide bonds. The Balaban J connectivity index is 1.94. The monoisotopic (exact) mass is 221 g/mol. The maximum atomic E-state index is 5.41. The van der Waals surface area contributed by atoms with Gasteiger partial charge in [0.25, 0.3) is 0 Å². The number of hydrogen-bond acceptors (Lipinski definition) is 4. The number of rotatable bonds is 3. The van der Waals surface area contributed by atoms with Crippen LogP contribution in [-0.2, 0) is 4.74 Å². The Morgan fingerprint density at radius 1 is 1.38 bits per heavy atom. The fraction of sp³-hybridized carbons (Fsp3) is 0.667. The summed E-state index contributed by atoms with van der Waals surface area (Å²) in [5.41, 5.74) is 0.997. The van der Waals surface area contributed by atoms with Crippen molar-refractivity contribution in [1.82, 2.24) is 9.97 Å². The van der Waals surface area contributed by atoms with Crippen LogP contribution in [0.5, 0.6) is 0 Å². The van der Waals surface area contributed by atoms with Crippen LogP contribution in [0, 0.1) is 6.92 Å². The predicted octanol–water partition coefficient (Wildman–Crippen LogP) is 2.15. The number of ether oxygens (including phenoxy) is 1. The lowest BCUT2D eigenvalue weighted by Crippen LogP contribution is -2.31. The highest BCUT2D eigenvalue weighted by Crippen LogP contribution is 2.23. The lowest BCUT2D eigenvalue weighted by atomic mass is 9.93. The van der Waals surface area contributed by atoms with Crippen molar-refractivity contribution >= 4 is 5.82 Å². The molecule has 88 valence electrons. The lowest BCUT2D eigenvalue weighted by Gasteiger charge is -2.29. The average molecular weight is 221 g/mol. The van der Waals surface area contributed by atoms with E-state index < -0.39 is 0 Å². The topological polar surface area (TPSA) is 47.0 Å². The van der Waals surface area contributed by atoms with Crippen LogP contribution in [0.25, 0.3) is 0 Å². The Bertz CT molecular complexity index is 343. The third kappa shape index (κ3) is 2.92. The Morgan fingerprint density at radius 2 is 2.25 bits per heavy atom. The van der Waals surface area contributed by atoms with Crippen molar-refractivity contribution in [2.75, 3.05) is 12.4 Å². The average Bonchev–Trinajstić information content (AvgIpc) is 2.29. The molecule has 4 heteroatoms. The molecule has 1 aromatic heterocycles. The highest BCUT2D eigenvalue weighted by molar-refractivity contribution is 5.35. The normalized spacial score (nSPS) is 25.4. The summed E-state index contributed by atoms with van der Waals surface area (Å²) in [6, 6.07) is 2.46. The smallest absolute Gasteiger partial charge is 0.129 e. The first kappa shape index (κ1) is 11.3. The lowest BCUT2D eigenvalue weighted by molar-refractivity contribution is 0.0669. The molecule has 2 unspecified atom stereocenters. The van der Waals surface area contributed by atoms with Gasteiger partial charge in [-0.25, -0.2) is 9.97 Å². The second-order valence-corrected chi connectivity index (χ2v) is 4.41. The molecule has 2 rings (SSSR count). The zero-order chi connectivity index (χ0) is 11.4. The molecule has 1 N–H and O–H groups in total. The van der Waals surface area contributed by atoms with E-state index >= 15 is 0 Å². The van der Waals surface area contributed by atoms with Crippen LogP contribution in [0.4, 0.5) is 5.82 Å². The molecular formula is C12H19N3O. The van der Waals surface area contributed by atoms with Crippen molar-refractivity contribution in [3.8, 4) is 0 Å². The molecular weight excluding hydrogens is 202 g/mol. The van der Waals surface area contributed by atoms with E-state index in [0.717, 1.165) is 17.9 Å². The second-order valence-electron chi connectivity index (χ2n) is 4.41. The van der Waals surface area contributed by atoms with Crippen molar-refractivity contribution in [3.05, 3.63) is 18.1 Å². The minimum atomic E-state index is 0.397. The van der Waals surface area contributed by atoms with Gasteiger partial charge in [0, 0.05) is 24.9 Å². The van der Waals surface area contributed by atoms with Crippen LogP contribution < -0.4 is 5.32 Å². The summed E-state index contributed by atoms with van der Waals surface area (Å²) in [4.78, 5) is 8.31. The van der Waals surface area contributed by atoms with Crippen molar-refractivity contribution in [3.63, 3.8) is 0 Å². The third-order valence-corrected chi connectivity index (χ3v) is 3.12. The van der Waals surface area contributed by atoms with Crippen LogP contribution >= 0.6 is 0 Å². The van der Waals surface area contributed by atoms with Crippen molar-refractivity contribution in [2.24, 2.45) is 0 Å². The molecule has 0 spiro atoms. The summed E-state index contributed by atoms with van der Waals surface area (Å²) in [5, 5.41) is 3.45. The molecule has 1 aliphatic carbocycles. The van der Waals surface area contributed by atoms with E-state index in [2.05, 4.69) is 15.3 Å². The molecule has 1 saturated carbocycles. The number of aryl methyl sites for hydroxylation is 1. The van der Waals surface area contributed by atoms with Gasteiger partial charge in [-0.05, 0) is 32.6 Å². The van der Waals surface area contributed by atoms with Gasteiger partial charge in [0.15, 0.2) is 0 Å². The van der Waals surface area contributed by atoms with Crippen LogP contribution in [0.15, 0.2) is 12.4 Å². The van der Waals surface area contributed by atoms with Gasteiger partial charge >= 0.3 is 0 Å². The van der Waals surface area contributed by atoms with Gasteiger partial charge in [-0.1, -0.05) is 0 Å². The molecule has 16 heavy (non-hydrogen) atoms. The molecule has 1 aromatic rings. The Hall–Kier alpha value is -1.16. The molecule has 0 radical (unpaired) electrons. The molecule has 0 aromatic carbocycles. The first-order valence-electron chi connectivity index (χ1n) is 5.86. The predicted molar refractivity (Wildman–Crippen MR) is 63.4 cm³/mol. The summed E-state index contributed by atoms with van der Waals surface area (Å²) < 4.78 is 5.41. The summed E-state index contributed by atoms with van der Waals surface area (Å²) in [5.74, 6) is 0.925. The van der Waals surface area contributed by atoms with Gasteiger partial charge in [0.05, 0.1) is 6.10 Å². The fourth-order valence-electron chi connectivity index (χ4n) is 2.23. The molecule has 2 atom stereocenters. The van der Waals surface area contributed by atoms with Crippen molar-refractivity contribution in [1.29, 1.82) is 0 Å². The van der Waals surface area contributed by atoms with E-state index in [-0.39, 0.29) is 0 Å². The van der Waals surface area contributed by atoms with Gasteiger partial charge in [-0.3, -0.25) is 0 Å². The minimum absolute atomic E-state index is 0.397. The van der Waals surface area contributed by atoms with E-state index in [4.69, 9.17) is 4.74 Å². The number of nitrogens with one attached hydrogen (secondary N) is 1. The maximum Gasteiger partial charge on any atom is 0.129 e. The summed E-state index contributed by atoms with van der Waals surface area (Å²) >= 11 is 0. The molecule has 0 aliphatic heterocycles. The number of aromatic nitrogens is 2. The Labute approximate surface area is 96.4 Å². The van der Waals surface area contributed by atoms with Crippen LogP contribution in [0.3, 0.4) is 0 Å². The SMILES string of the molecule is COC1CCCC(Nc2cc(C)ncn2)C1. The number of anilines is 1. The Kier molecular flexibility index (Phi) is 3.72. The summed E-state index contributed by atoms with van der Waals surface area (Å²) in [6.45, 7) is 1.98. The third-order valence-electron chi connectivity index (χ3n) is 3.12. The summed E-state index contributed by atoms with van der Waals surface area (Å²) in [6.07, 6.45) is 6.67. The highest BCUT2D eigenvalue weighted by atomic mass is 16.5. The van der Waals surface area contributed by atoms with E-state index in [1.165, 1.54) is 19.3 Å². The number of nitrogens with zero attached hydrogens (tertiary/aromatic N) is 2. The molecule has 0 saturated heterocycles. The number of hydrogen-bond donors (Lipinski definition) is 1. The van der Waals surface area contributed by atoms with E-state index in [1.54, 1.807) is 13.4 Å². The minimum Gasteiger partial charge on any atom is -0.381 e. The molecule has 1 heterocycles. The maximum absolute atomic E-state index is 5.41. The molecule has 4 nitrogen and oxygen atoms in total. The molecule has 0 bridgehead atoms. The highest BCUT2D eigenvalue weighted by Gasteiger charge is 2.21. The van der Waals surface area contributed by atoms with Gasteiger partial charge in [-0.15, -0.1) is 0 Å². The Morgan fingerprint density at radius 3 is 3.00 bits per heavy atom. The standard InChI is InChI=1S/C12H19N3O/c1-9-6-12(14-8-13-9)15-10-4-3-5-11(7-10)16-2/h6,8,10-11H,3-5,7H2,1-2H3,(H,13,14,15). The molecule has 1 aliphatic rings. The van der Waals surface area contributed by atoms with Crippen LogP contribution in [0.2, 0.25) is 0 Å².